The van der Waals surface area contributed by atoms with Gasteiger partial charge in [-0.2, -0.15) is 0 Å². The molecule has 1 N–H and O–H groups in total. The van der Waals surface area contributed by atoms with Crippen LogP contribution in [0, 0.1) is 0 Å². The number of methoxy groups -OCH3 is 1. The summed E-state index contributed by atoms with van der Waals surface area (Å²) < 4.78 is 15.5. The number of rotatable bonds is 6. The zero-order valence-electron chi connectivity index (χ0n) is 15.0. The molecule has 0 unspecified atom stereocenters. The lowest BCUT2D eigenvalue weighted by molar-refractivity contribution is -0.139. The molecule has 7 nitrogen and oxygen atoms in total. The molecular formula is C21H16N2O5. The first kappa shape index (κ1) is 17.5. The van der Waals surface area contributed by atoms with Crippen molar-refractivity contribution in [3.8, 4) is 17.1 Å². The Morgan fingerprint density at radius 2 is 1.89 bits per heavy atom. The van der Waals surface area contributed by atoms with Crippen LogP contribution in [-0.4, -0.2) is 29.0 Å². The number of Topliss-reactive ketones (excluding diaryl/α,β-unsaturated/α-hetero) is 1. The molecule has 0 saturated heterocycles. The fourth-order valence-corrected chi connectivity index (χ4v) is 2.85. The summed E-state index contributed by atoms with van der Waals surface area (Å²) in [6, 6.07) is 16.2. The number of hydrogen-bond donors (Lipinski definition) is 1. The summed E-state index contributed by atoms with van der Waals surface area (Å²) in [5.74, 6) is -0.403. The van der Waals surface area contributed by atoms with E-state index in [0.29, 0.717) is 16.8 Å². The molecule has 2 heterocycles. The van der Waals surface area contributed by atoms with Crippen molar-refractivity contribution < 1.29 is 23.6 Å². The fraction of sp³-hybridized carbons (Fsp3) is 0.0952. The summed E-state index contributed by atoms with van der Waals surface area (Å²) in [7, 11) is 1.59. The highest BCUT2D eigenvalue weighted by atomic mass is 16.5. The topological polar surface area (TPSA) is 94.4 Å². The summed E-state index contributed by atoms with van der Waals surface area (Å²) in [6.45, 7) is -0.160. The van der Waals surface area contributed by atoms with Crippen molar-refractivity contribution >= 4 is 22.7 Å². The van der Waals surface area contributed by atoms with Crippen molar-refractivity contribution in [3.63, 3.8) is 0 Å². The van der Waals surface area contributed by atoms with Gasteiger partial charge in [-0.3, -0.25) is 4.79 Å². The highest BCUT2D eigenvalue weighted by Crippen LogP contribution is 2.23. The Hall–Kier alpha value is -3.87. The Bertz CT molecular complexity index is 1140. The predicted molar refractivity (Wildman–Crippen MR) is 101 cm³/mol. The second-order valence-electron chi connectivity index (χ2n) is 6.06. The summed E-state index contributed by atoms with van der Waals surface area (Å²) in [4.78, 5) is 27.5. The first-order chi connectivity index (χ1) is 13.7. The maximum absolute atomic E-state index is 12.4. The van der Waals surface area contributed by atoms with E-state index < -0.39 is 11.8 Å². The van der Waals surface area contributed by atoms with Crippen LogP contribution in [0.5, 0.6) is 5.75 Å². The second kappa shape index (κ2) is 7.40. The van der Waals surface area contributed by atoms with E-state index in [0.717, 1.165) is 16.8 Å². The maximum atomic E-state index is 12.4. The van der Waals surface area contributed by atoms with Gasteiger partial charge in [0.25, 0.3) is 5.78 Å². The van der Waals surface area contributed by atoms with Gasteiger partial charge >= 0.3 is 5.97 Å². The zero-order chi connectivity index (χ0) is 19.5. The molecule has 0 atom stereocenters. The molecule has 4 aromatic rings. The van der Waals surface area contributed by atoms with Crippen molar-refractivity contribution in [3.05, 3.63) is 72.1 Å². The summed E-state index contributed by atoms with van der Waals surface area (Å²) >= 11 is 0. The number of esters is 1. The van der Waals surface area contributed by atoms with Gasteiger partial charge in [-0.1, -0.05) is 23.4 Å². The van der Waals surface area contributed by atoms with E-state index >= 15 is 0 Å². The number of aromatic amines is 1. The first-order valence-corrected chi connectivity index (χ1v) is 8.53. The standard InChI is InChI=1S/C21H16N2O5/c1-26-15-8-6-13(7-9-15)19-10-14(23-28-19)12-27-21(25)20(24)17-11-22-18-5-3-2-4-16(17)18/h2-11,22H,12H2,1H3. The second-order valence-corrected chi connectivity index (χ2v) is 6.06. The number of carbonyl (C=O) groups is 2. The molecule has 4 rings (SSSR count). The molecule has 0 aliphatic rings. The normalized spacial score (nSPS) is 10.8. The fourth-order valence-electron chi connectivity index (χ4n) is 2.85. The van der Waals surface area contributed by atoms with Crippen LogP contribution in [0.25, 0.3) is 22.2 Å². The number of aromatic nitrogens is 2. The minimum absolute atomic E-state index is 0.160. The largest absolute Gasteiger partial charge is 0.497 e. The molecular weight excluding hydrogens is 360 g/mol. The van der Waals surface area contributed by atoms with Crippen LogP contribution in [0.2, 0.25) is 0 Å². The SMILES string of the molecule is COc1ccc(-c2cc(COC(=O)C(=O)c3c[nH]c4ccccc34)no2)cc1. The van der Waals surface area contributed by atoms with Crippen LogP contribution >= 0.6 is 0 Å². The zero-order valence-corrected chi connectivity index (χ0v) is 15.0. The van der Waals surface area contributed by atoms with Gasteiger partial charge < -0.3 is 19.0 Å². The molecule has 2 aromatic heterocycles. The van der Waals surface area contributed by atoms with Gasteiger partial charge in [-0.15, -0.1) is 0 Å². The lowest BCUT2D eigenvalue weighted by Crippen LogP contribution is -2.17. The molecule has 0 aliphatic heterocycles. The van der Waals surface area contributed by atoms with Gasteiger partial charge in [0.15, 0.2) is 5.76 Å². The molecule has 28 heavy (non-hydrogen) atoms. The third kappa shape index (κ3) is 3.37. The van der Waals surface area contributed by atoms with Crippen molar-refractivity contribution in [1.82, 2.24) is 10.1 Å². The number of nitrogens with zero attached hydrogens (tertiary/aromatic N) is 1. The Labute approximate surface area is 159 Å². The number of nitrogens with one attached hydrogen (secondary N) is 1. The van der Waals surface area contributed by atoms with Gasteiger partial charge in [0.1, 0.15) is 18.1 Å². The van der Waals surface area contributed by atoms with Gasteiger partial charge in [0.05, 0.1) is 12.7 Å². The molecule has 0 saturated carbocycles. The van der Waals surface area contributed by atoms with Crippen LogP contribution in [0.1, 0.15) is 16.1 Å². The first-order valence-electron chi connectivity index (χ1n) is 8.53. The van der Waals surface area contributed by atoms with E-state index in [1.165, 1.54) is 6.20 Å². The Kier molecular flexibility index (Phi) is 4.63. The van der Waals surface area contributed by atoms with E-state index in [9.17, 15) is 9.59 Å². The molecule has 140 valence electrons. The van der Waals surface area contributed by atoms with Gasteiger partial charge in [-0.05, 0) is 30.3 Å². The van der Waals surface area contributed by atoms with Crippen LogP contribution in [0.15, 0.2) is 65.3 Å². The number of benzene rings is 2. The van der Waals surface area contributed by atoms with E-state index in [1.54, 1.807) is 37.4 Å². The maximum Gasteiger partial charge on any atom is 0.380 e. The van der Waals surface area contributed by atoms with Crippen molar-refractivity contribution in [2.45, 2.75) is 6.61 Å². The van der Waals surface area contributed by atoms with Crippen molar-refractivity contribution in [2.75, 3.05) is 7.11 Å². The molecule has 0 spiro atoms. The number of H-pyrrole nitrogens is 1. The van der Waals surface area contributed by atoms with E-state index in [4.69, 9.17) is 14.0 Å². The van der Waals surface area contributed by atoms with E-state index in [1.807, 2.05) is 24.3 Å². The van der Waals surface area contributed by atoms with Crippen molar-refractivity contribution in [1.29, 1.82) is 0 Å². The Morgan fingerprint density at radius 1 is 1.11 bits per heavy atom. The van der Waals surface area contributed by atoms with Crippen LogP contribution in [0.3, 0.4) is 0 Å². The summed E-state index contributed by atoms with van der Waals surface area (Å²) in [5.41, 5.74) is 2.27. The molecule has 7 heteroatoms. The lowest BCUT2D eigenvalue weighted by atomic mass is 10.1. The lowest BCUT2D eigenvalue weighted by Gasteiger charge is -2.01. The quantitative estimate of drug-likeness (QED) is 0.313. The molecule has 0 bridgehead atoms. The number of fused-ring (bicyclic) bond motifs is 1. The number of hydrogen-bond acceptors (Lipinski definition) is 6. The average molecular weight is 376 g/mol. The van der Waals surface area contributed by atoms with Crippen molar-refractivity contribution in [2.24, 2.45) is 0 Å². The van der Waals surface area contributed by atoms with E-state index in [2.05, 4.69) is 10.1 Å². The number of para-hydroxylation sites is 1. The van der Waals surface area contributed by atoms with Crippen LogP contribution in [0.4, 0.5) is 0 Å². The summed E-state index contributed by atoms with van der Waals surface area (Å²) in [6.07, 6.45) is 1.51. The number of carbonyl (C=O) groups excluding carboxylic acids is 2. The molecule has 2 aromatic carbocycles. The molecule has 0 amide bonds. The highest BCUT2D eigenvalue weighted by molar-refractivity contribution is 6.42. The number of ether oxygens (including phenoxy) is 2. The summed E-state index contributed by atoms with van der Waals surface area (Å²) in [5, 5.41) is 4.55. The number of ketones is 1. The van der Waals surface area contributed by atoms with Gasteiger partial charge in [0, 0.05) is 28.7 Å². The third-order valence-corrected chi connectivity index (χ3v) is 4.30. The molecule has 0 radical (unpaired) electrons. The minimum atomic E-state index is -0.946. The molecule has 0 aliphatic carbocycles. The third-order valence-electron chi connectivity index (χ3n) is 4.30. The van der Waals surface area contributed by atoms with E-state index in [-0.39, 0.29) is 12.2 Å². The molecule has 0 fully saturated rings. The smallest absolute Gasteiger partial charge is 0.380 e. The van der Waals surface area contributed by atoms with Crippen LogP contribution in [-0.2, 0) is 16.1 Å². The minimum Gasteiger partial charge on any atom is -0.497 e. The average Bonchev–Trinajstić information content (AvgIpc) is 3.39. The Morgan fingerprint density at radius 3 is 2.68 bits per heavy atom. The highest BCUT2D eigenvalue weighted by Gasteiger charge is 2.22. The monoisotopic (exact) mass is 376 g/mol. The van der Waals surface area contributed by atoms with Crippen LogP contribution < -0.4 is 4.74 Å². The Balaban J connectivity index is 1.42. The predicted octanol–water partition coefficient (Wildman–Crippen LogP) is 3.76. The van der Waals surface area contributed by atoms with Gasteiger partial charge in [-0.25, -0.2) is 4.79 Å². The van der Waals surface area contributed by atoms with Gasteiger partial charge in [0.2, 0.25) is 0 Å².